The maximum atomic E-state index is 10.8. The Morgan fingerprint density at radius 2 is 2.08 bits per heavy atom. The van der Waals surface area contributed by atoms with E-state index in [0.717, 1.165) is 5.56 Å². The Balaban J connectivity index is 3.19. The second-order valence-electron chi connectivity index (χ2n) is 3.09. The van der Waals surface area contributed by atoms with Crippen molar-refractivity contribution in [3.63, 3.8) is 0 Å². The molecular formula is C9H11ClO2S. The van der Waals surface area contributed by atoms with Gasteiger partial charge in [-0.15, -0.1) is 0 Å². The van der Waals surface area contributed by atoms with E-state index < -0.39 is 11.1 Å². The van der Waals surface area contributed by atoms with Gasteiger partial charge in [0.15, 0.2) is 11.1 Å². The number of benzene rings is 1. The minimum Gasteiger partial charge on any atom is -0.302 e. The number of hydrogen-bond acceptors (Lipinski definition) is 1. The zero-order valence-electron chi connectivity index (χ0n) is 7.45. The third kappa shape index (κ3) is 2.53. The first kappa shape index (κ1) is 10.7. The molecule has 1 atom stereocenters. The van der Waals surface area contributed by atoms with Gasteiger partial charge in [-0.1, -0.05) is 31.5 Å². The van der Waals surface area contributed by atoms with Crippen molar-refractivity contribution in [2.45, 2.75) is 24.7 Å². The van der Waals surface area contributed by atoms with Crippen molar-refractivity contribution in [1.29, 1.82) is 0 Å². The summed E-state index contributed by atoms with van der Waals surface area (Å²) in [6, 6.07) is 5.19. The van der Waals surface area contributed by atoms with Crippen LogP contribution in [0.3, 0.4) is 0 Å². The summed E-state index contributed by atoms with van der Waals surface area (Å²) in [7, 11) is 0. The van der Waals surface area contributed by atoms with Gasteiger partial charge in [0.25, 0.3) is 0 Å². The number of hydrogen-bond donors (Lipinski definition) is 1. The van der Waals surface area contributed by atoms with Crippen LogP contribution >= 0.6 is 11.6 Å². The third-order valence-corrected chi connectivity index (χ3v) is 2.97. The Morgan fingerprint density at radius 1 is 1.46 bits per heavy atom. The largest absolute Gasteiger partial charge is 0.302 e. The lowest BCUT2D eigenvalue weighted by atomic mass is 10.0. The van der Waals surface area contributed by atoms with Crippen LogP contribution in [-0.4, -0.2) is 8.76 Å². The summed E-state index contributed by atoms with van der Waals surface area (Å²) in [5, 5.41) is 0.338. The fraction of sp³-hybridized carbons (Fsp3) is 0.333. The van der Waals surface area contributed by atoms with Crippen molar-refractivity contribution in [1.82, 2.24) is 0 Å². The lowest BCUT2D eigenvalue weighted by Crippen LogP contribution is -1.94. The standard InChI is InChI=1S/C9H11ClO2S/c1-6(2)7-3-4-8(10)9(5-7)13(11)12/h3-6H,1-2H3,(H,11,12). The fourth-order valence-corrected chi connectivity index (χ4v) is 1.80. The van der Waals surface area contributed by atoms with Crippen molar-refractivity contribution in [3.05, 3.63) is 28.8 Å². The van der Waals surface area contributed by atoms with Gasteiger partial charge in [0.2, 0.25) is 0 Å². The smallest absolute Gasteiger partial charge is 0.188 e. The van der Waals surface area contributed by atoms with Crippen molar-refractivity contribution >= 4 is 22.7 Å². The second-order valence-corrected chi connectivity index (χ2v) is 4.44. The number of halogens is 1. The molecule has 1 aromatic carbocycles. The first-order valence-corrected chi connectivity index (χ1v) is 5.41. The predicted octanol–water partition coefficient (Wildman–Crippen LogP) is 3.04. The van der Waals surface area contributed by atoms with Crippen molar-refractivity contribution in [2.24, 2.45) is 0 Å². The van der Waals surface area contributed by atoms with Gasteiger partial charge in [0, 0.05) is 0 Å². The molecule has 0 fully saturated rings. The minimum absolute atomic E-state index is 0.285. The first-order chi connectivity index (χ1) is 6.02. The summed E-state index contributed by atoms with van der Waals surface area (Å²) in [5.74, 6) is 0.333. The molecule has 1 rings (SSSR count). The molecular weight excluding hydrogens is 208 g/mol. The van der Waals surface area contributed by atoms with E-state index in [0.29, 0.717) is 10.9 Å². The topological polar surface area (TPSA) is 37.3 Å². The quantitative estimate of drug-likeness (QED) is 0.775. The highest BCUT2D eigenvalue weighted by atomic mass is 35.5. The van der Waals surface area contributed by atoms with Crippen molar-refractivity contribution < 1.29 is 8.76 Å². The van der Waals surface area contributed by atoms with Gasteiger partial charge >= 0.3 is 0 Å². The fourth-order valence-electron chi connectivity index (χ4n) is 1.01. The zero-order valence-corrected chi connectivity index (χ0v) is 9.02. The van der Waals surface area contributed by atoms with Crippen LogP contribution in [0, 0.1) is 0 Å². The van der Waals surface area contributed by atoms with E-state index >= 15 is 0 Å². The second kappa shape index (κ2) is 4.22. The Hall–Kier alpha value is -0.380. The molecule has 0 bridgehead atoms. The average molecular weight is 219 g/mol. The van der Waals surface area contributed by atoms with Crippen LogP contribution in [0.2, 0.25) is 5.02 Å². The molecule has 0 aliphatic heterocycles. The summed E-state index contributed by atoms with van der Waals surface area (Å²) < 4.78 is 19.7. The highest BCUT2D eigenvalue weighted by molar-refractivity contribution is 7.79. The summed E-state index contributed by atoms with van der Waals surface area (Å²) in [5.41, 5.74) is 1.02. The molecule has 0 heterocycles. The van der Waals surface area contributed by atoms with Gasteiger partial charge in [-0.05, 0) is 23.6 Å². The molecule has 0 spiro atoms. The summed E-state index contributed by atoms with van der Waals surface area (Å²) in [6.45, 7) is 4.04. The lowest BCUT2D eigenvalue weighted by molar-refractivity contribution is 0.564. The van der Waals surface area contributed by atoms with Gasteiger partial charge in [0.05, 0.1) is 9.92 Å². The normalized spacial score (nSPS) is 13.3. The molecule has 2 nitrogen and oxygen atoms in total. The van der Waals surface area contributed by atoms with Crippen LogP contribution in [0.15, 0.2) is 23.1 Å². The summed E-state index contributed by atoms with van der Waals surface area (Å²) in [6.07, 6.45) is 0. The highest BCUT2D eigenvalue weighted by Crippen LogP contribution is 2.24. The summed E-state index contributed by atoms with van der Waals surface area (Å²) >= 11 is 3.74. The predicted molar refractivity (Wildman–Crippen MR) is 54.6 cm³/mol. The maximum Gasteiger partial charge on any atom is 0.188 e. The molecule has 13 heavy (non-hydrogen) atoms. The Kier molecular flexibility index (Phi) is 3.47. The molecule has 1 unspecified atom stereocenters. The molecule has 0 aliphatic carbocycles. The molecule has 0 amide bonds. The Bertz CT molecular complexity index is 336. The Morgan fingerprint density at radius 3 is 2.54 bits per heavy atom. The van der Waals surface area contributed by atoms with Gasteiger partial charge < -0.3 is 4.55 Å². The highest BCUT2D eigenvalue weighted by Gasteiger charge is 2.08. The van der Waals surface area contributed by atoms with Crippen LogP contribution in [0.5, 0.6) is 0 Å². The van der Waals surface area contributed by atoms with Gasteiger partial charge in [-0.2, -0.15) is 0 Å². The molecule has 0 aliphatic rings. The SMILES string of the molecule is CC(C)c1ccc(Cl)c(S(=O)O)c1. The van der Waals surface area contributed by atoms with Crippen LogP contribution in [-0.2, 0) is 11.1 Å². The first-order valence-electron chi connectivity index (χ1n) is 3.92. The molecule has 72 valence electrons. The maximum absolute atomic E-state index is 10.8. The monoisotopic (exact) mass is 218 g/mol. The van der Waals surface area contributed by atoms with Crippen molar-refractivity contribution in [2.75, 3.05) is 0 Å². The molecule has 0 saturated carbocycles. The molecule has 4 heteroatoms. The lowest BCUT2D eigenvalue weighted by Gasteiger charge is -2.07. The van der Waals surface area contributed by atoms with Crippen LogP contribution in [0.4, 0.5) is 0 Å². The van der Waals surface area contributed by atoms with Crippen molar-refractivity contribution in [3.8, 4) is 0 Å². The third-order valence-electron chi connectivity index (χ3n) is 1.81. The van der Waals surface area contributed by atoms with E-state index in [1.807, 2.05) is 19.9 Å². The van der Waals surface area contributed by atoms with E-state index in [2.05, 4.69) is 0 Å². The number of rotatable bonds is 2. The molecule has 0 radical (unpaired) electrons. The van der Waals surface area contributed by atoms with Gasteiger partial charge in [-0.25, -0.2) is 4.21 Å². The van der Waals surface area contributed by atoms with Crippen LogP contribution < -0.4 is 0 Å². The van der Waals surface area contributed by atoms with E-state index in [4.69, 9.17) is 16.2 Å². The Labute approximate surface area is 85.2 Å². The molecule has 1 N–H and O–H groups in total. The van der Waals surface area contributed by atoms with Gasteiger partial charge in [-0.3, -0.25) is 0 Å². The molecule has 1 aromatic rings. The van der Waals surface area contributed by atoms with E-state index in [9.17, 15) is 4.21 Å². The average Bonchev–Trinajstić information content (AvgIpc) is 2.04. The molecule has 0 saturated heterocycles. The van der Waals surface area contributed by atoms with E-state index in [-0.39, 0.29) is 4.90 Å². The van der Waals surface area contributed by atoms with E-state index in [1.165, 1.54) is 0 Å². The van der Waals surface area contributed by atoms with Crippen LogP contribution in [0.1, 0.15) is 25.3 Å². The summed E-state index contributed by atoms with van der Waals surface area (Å²) in [4.78, 5) is 0.285. The minimum atomic E-state index is -2.00. The van der Waals surface area contributed by atoms with E-state index in [1.54, 1.807) is 12.1 Å². The van der Waals surface area contributed by atoms with Crippen LogP contribution in [0.25, 0.3) is 0 Å². The zero-order chi connectivity index (χ0) is 10.0. The van der Waals surface area contributed by atoms with Gasteiger partial charge in [0.1, 0.15) is 0 Å². The molecule has 0 aromatic heterocycles.